The van der Waals surface area contributed by atoms with E-state index in [2.05, 4.69) is 26.4 Å². The van der Waals surface area contributed by atoms with Gasteiger partial charge < -0.3 is 4.98 Å². The van der Waals surface area contributed by atoms with Crippen molar-refractivity contribution in [2.24, 2.45) is 0 Å². The SMILES string of the molecule is S=c1nc(-c2cnc3ccsc3c2)[nH]c2c1CSC2. The molecule has 0 saturated carbocycles. The summed E-state index contributed by atoms with van der Waals surface area (Å²) >= 11 is 8.95. The van der Waals surface area contributed by atoms with Gasteiger partial charge in [-0.25, -0.2) is 4.98 Å². The minimum absolute atomic E-state index is 0.722. The van der Waals surface area contributed by atoms with Crippen LogP contribution in [0.4, 0.5) is 0 Å². The summed E-state index contributed by atoms with van der Waals surface area (Å²) in [7, 11) is 0. The molecule has 0 spiro atoms. The van der Waals surface area contributed by atoms with Crippen LogP contribution >= 0.6 is 35.3 Å². The summed E-state index contributed by atoms with van der Waals surface area (Å²) in [5.41, 5.74) is 4.44. The third kappa shape index (κ3) is 1.91. The lowest BCUT2D eigenvalue weighted by Crippen LogP contribution is -1.97. The molecule has 4 heterocycles. The van der Waals surface area contributed by atoms with Gasteiger partial charge in [0, 0.05) is 34.5 Å². The number of thiophene rings is 1. The zero-order chi connectivity index (χ0) is 12.8. The van der Waals surface area contributed by atoms with E-state index in [1.54, 1.807) is 11.3 Å². The van der Waals surface area contributed by atoms with E-state index < -0.39 is 0 Å². The van der Waals surface area contributed by atoms with Crippen molar-refractivity contribution in [2.75, 3.05) is 0 Å². The molecule has 0 aliphatic carbocycles. The molecule has 0 radical (unpaired) electrons. The maximum Gasteiger partial charge on any atom is 0.140 e. The van der Waals surface area contributed by atoms with E-state index in [0.717, 1.165) is 33.1 Å². The van der Waals surface area contributed by atoms with Gasteiger partial charge in [0.25, 0.3) is 0 Å². The maximum atomic E-state index is 5.38. The van der Waals surface area contributed by atoms with Crippen molar-refractivity contribution in [1.82, 2.24) is 15.0 Å². The molecule has 19 heavy (non-hydrogen) atoms. The molecule has 3 aromatic heterocycles. The molecule has 6 heteroatoms. The second-order valence-corrected chi connectivity index (χ2v) is 6.69. The number of fused-ring (bicyclic) bond motifs is 2. The highest BCUT2D eigenvalue weighted by atomic mass is 32.2. The van der Waals surface area contributed by atoms with E-state index in [9.17, 15) is 0 Å². The lowest BCUT2D eigenvalue weighted by Gasteiger charge is -2.05. The molecule has 3 nitrogen and oxygen atoms in total. The summed E-state index contributed by atoms with van der Waals surface area (Å²) in [4.78, 5) is 12.4. The minimum atomic E-state index is 0.722. The normalized spacial score (nSPS) is 13.9. The highest BCUT2D eigenvalue weighted by molar-refractivity contribution is 7.98. The third-order valence-corrected chi connectivity index (χ3v) is 5.35. The second kappa shape index (κ2) is 4.40. The monoisotopic (exact) mass is 303 g/mol. The zero-order valence-corrected chi connectivity index (χ0v) is 12.3. The first kappa shape index (κ1) is 11.6. The van der Waals surface area contributed by atoms with E-state index in [0.29, 0.717) is 0 Å². The van der Waals surface area contributed by atoms with Crippen molar-refractivity contribution in [2.45, 2.75) is 11.5 Å². The summed E-state index contributed by atoms with van der Waals surface area (Å²) in [5.74, 6) is 2.79. The smallest absolute Gasteiger partial charge is 0.140 e. The summed E-state index contributed by atoms with van der Waals surface area (Å²) in [6, 6.07) is 4.15. The molecule has 1 N–H and O–H groups in total. The second-order valence-electron chi connectivity index (χ2n) is 4.37. The Morgan fingerprint density at radius 1 is 1.32 bits per heavy atom. The number of aromatic nitrogens is 3. The predicted molar refractivity (Wildman–Crippen MR) is 83.0 cm³/mol. The number of hydrogen-bond acceptors (Lipinski definition) is 5. The molecule has 0 fully saturated rings. The summed E-state index contributed by atoms with van der Waals surface area (Å²) in [5, 5.41) is 2.05. The first-order valence-electron chi connectivity index (χ1n) is 5.85. The number of hydrogen-bond donors (Lipinski definition) is 1. The number of rotatable bonds is 1. The minimum Gasteiger partial charge on any atom is -0.342 e. The first-order valence-corrected chi connectivity index (χ1v) is 8.29. The van der Waals surface area contributed by atoms with Gasteiger partial charge >= 0.3 is 0 Å². The van der Waals surface area contributed by atoms with Gasteiger partial charge in [0.2, 0.25) is 0 Å². The van der Waals surface area contributed by atoms with Crippen molar-refractivity contribution in [3.63, 3.8) is 0 Å². The molecule has 0 bridgehead atoms. The molecule has 0 amide bonds. The molecule has 0 saturated heterocycles. The quantitative estimate of drug-likeness (QED) is 0.685. The van der Waals surface area contributed by atoms with Crippen LogP contribution in [0.15, 0.2) is 23.7 Å². The van der Waals surface area contributed by atoms with Crippen LogP contribution in [0.5, 0.6) is 0 Å². The highest BCUT2D eigenvalue weighted by Gasteiger charge is 2.16. The maximum absolute atomic E-state index is 5.38. The number of H-pyrrole nitrogens is 1. The van der Waals surface area contributed by atoms with Gasteiger partial charge in [-0.3, -0.25) is 4.98 Å². The zero-order valence-electron chi connectivity index (χ0n) is 9.84. The van der Waals surface area contributed by atoms with Crippen molar-refractivity contribution in [3.05, 3.63) is 39.6 Å². The third-order valence-electron chi connectivity index (χ3n) is 3.17. The molecule has 4 rings (SSSR count). The Morgan fingerprint density at radius 2 is 2.26 bits per heavy atom. The lowest BCUT2D eigenvalue weighted by molar-refractivity contribution is 1.06. The predicted octanol–water partition coefficient (Wildman–Crippen LogP) is 4.16. The molecular formula is C13H9N3S3. The van der Waals surface area contributed by atoms with E-state index in [4.69, 9.17) is 12.2 Å². The van der Waals surface area contributed by atoms with Crippen LogP contribution in [-0.2, 0) is 11.5 Å². The number of nitrogens with one attached hydrogen (secondary N) is 1. The summed E-state index contributed by atoms with van der Waals surface area (Å²) in [6.45, 7) is 0. The average molecular weight is 303 g/mol. The summed E-state index contributed by atoms with van der Waals surface area (Å²) in [6.07, 6.45) is 1.86. The Kier molecular flexibility index (Phi) is 2.68. The molecule has 1 aliphatic rings. The molecule has 0 aromatic carbocycles. The fraction of sp³-hybridized carbons (Fsp3) is 0.154. The van der Waals surface area contributed by atoms with Crippen LogP contribution in [0, 0.1) is 4.64 Å². The van der Waals surface area contributed by atoms with Crippen LogP contribution < -0.4 is 0 Å². The Hall–Kier alpha value is -1.24. The topological polar surface area (TPSA) is 41.6 Å². The number of nitrogens with zero attached hydrogens (tertiary/aromatic N) is 2. The van der Waals surface area contributed by atoms with Crippen molar-refractivity contribution in [1.29, 1.82) is 0 Å². The number of thioether (sulfide) groups is 1. The molecule has 94 valence electrons. The van der Waals surface area contributed by atoms with E-state index >= 15 is 0 Å². The Bertz CT molecular complexity index is 835. The fourth-order valence-electron chi connectivity index (χ4n) is 2.18. The molecule has 1 aliphatic heterocycles. The van der Waals surface area contributed by atoms with Gasteiger partial charge in [0.05, 0.1) is 10.2 Å². The van der Waals surface area contributed by atoms with Gasteiger partial charge in [0.15, 0.2) is 0 Å². The van der Waals surface area contributed by atoms with E-state index in [1.807, 2.05) is 24.0 Å². The number of aromatic amines is 1. The standard InChI is InChI=1S/C13H9N3S3/c17-13-8-5-18-6-10(8)15-12(16-13)7-3-11-9(14-4-7)1-2-19-11/h1-4H,5-6H2,(H,15,16,17). The highest BCUT2D eigenvalue weighted by Crippen LogP contribution is 2.31. The van der Waals surface area contributed by atoms with Gasteiger partial charge in [-0.2, -0.15) is 11.8 Å². The summed E-state index contributed by atoms with van der Waals surface area (Å²) < 4.78 is 1.90. The lowest BCUT2D eigenvalue weighted by atomic mass is 10.2. The van der Waals surface area contributed by atoms with Crippen LogP contribution in [0.25, 0.3) is 21.6 Å². The van der Waals surface area contributed by atoms with Crippen LogP contribution in [-0.4, -0.2) is 15.0 Å². The van der Waals surface area contributed by atoms with Crippen LogP contribution in [0.2, 0.25) is 0 Å². The number of pyridine rings is 1. The van der Waals surface area contributed by atoms with Gasteiger partial charge in [-0.15, -0.1) is 11.3 Å². The largest absolute Gasteiger partial charge is 0.342 e. The van der Waals surface area contributed by atoms with Crippen LogP contribution in [0.1, 0.15) is 11.3 Å². The molecule has 0 unspecified atom stereocenters. The van der Waals surface area contributed by atoms with E-state index in [1.165, 1.54) is 16.0 Å². The van der Waals surface area contributed by atoms with Crippen LogP contribution in [0.3, 0.4) is 0 Å². The Morgan fingerprint density at radius 3 is 3.21 bits per heavy atom. The van der Waals surface area contributed by atoms with Gasteiger partial charge in [0.1, 0.15) is 10.5 Å². The van der Waals surface area contributed by atoms with E-state index in [-0.39, 0.29) is 0 Å². The molecular weight excluding hydrogens is 294 g/mol. The van der Waals surface area contributed by atoms with Crippen molar-refractivity contribution >= 4 is 45.5 Å². The Balaban J connectivity index is 1.92. The first-order chi connectivity index (χ1) is 9.31. The van der Waals surface area contributed by atoms with Gasteiger partial charge in [-0.05, 0) is 17.5 Å². The van der Waals surface area contributed by atoms with Gasteiger partial charge in [-0.1, -0.05) is 12.2 Å². The van der Waals surface area contributed by atoms with Crippen molar-refractivity contribution < 1.29 is 0 Å². The molecule has 3 aromatic rings. The Labute approximate surface area is 123 Å². The van der Waals surface area contributed by atoms with Crippen molar-refractivity contribution in [3.8, 4) is 11.4 Å². The molecule has 0 atom stereocenters. The fourth-order valence-corrected chi connectivity index (χ4v) is 4.41. The average Bonchev–Trinajstić information content (AvgIpc) is 3.06.